The minimum absolute atomic E-state index is 0.109. The Balaban J connectivity index is 2.34. The molecule has 0 heterocycles. The minimum atomic E-state index is -0.523. The van der Waals surface area contributed by atoms with Crippen LogP contribution in [-0.4, -0.2) is 22.7 Å². The van der Waals surface area contributed by atoms with Gasteiger partial charge in [0.2, 0.25) is 0 Å². The highest BCUT2D eigenvalue weighted by atomic mass is 16.9. The molecule has 0 aromatic heterocycles. The molecule has 20 heavy (non-hydrogen) atoms. The average Bonchev–Trinajstić information content (AvgIpc) is 2.56. The van der Waals surface area contributed by atoms with Crippen molar-refractivity contribution in [3.63, 3.8) is 0 Å². The quantitative estimate of drug-likeness (QED) is 0.860. The van der Waals surface area contributed by atoms with Gasteiger partial charge in [-0.05, 0) is 48.6 Å². The van der Waals surface area contributed by atoms with E-state index in [1.807, 2.05) is 33.8 Å². The number of aryl methyl sites for hydroxylation is 1. The number of fused-ring (bicyclic) bond motifs is 1. The lowest BCUT2D eigenvalue weighted by molar-refractivity contribution is -0.975. The second kappa shape index (κ2) is 4.89. The summed E-state index contributed by atoms with van der Waals surface area (Å²) in [6, 6.07) is 1.93. The van der Waals surface area contributed by atoms with Gasteiger partial charge in [0.05, 0.1) is 0 Å². The fourth-order valence-electron chi connectivity index (χ4n) is 3.00. The molecule has 1 aliphatic rings. The molecule has 0 saturated carbocycles. The van der Waals surface area contributed by atoms with Gasteiger partial charge in [0, 0.05) is 17.4 Å². The maximum atomic E-state index is 12.3. The molecule has 0 saturated heterocycles. The fraction of sp³-hybridized carbons (Fsp3) is 0.533. The number of Topliss-reactive ketones (excluding diaryl/α,β-unsaturated/α-hetero) is 1. The van der Waals surface area contributed by atoms with Crippen LogP contribution in [-0.2, 0) is 17.7 Å². The average molecular weight is 278 g/mol. The van der Waals surface area contributed by atoms with Gasteiger partial charge in [-0.2, -0.15) is 4.84 Å². The lowest BCUT2D eigenvalue weighted by Crippen LogP contribution is -2.18. The molecule has 5 heteroatoms. The van der Waals surface area contributed by atoms with Gasteiger partial charge in [0.1, 0.15) is 4.91 Å². The van der Waals surface area contributed by atoms with Gasteiger partial charge in [-0.1, -0.05) is 13.8 Å². The normalized spacial score (nSPS) is 16.1. The van der Waals surface area contributed by atoms with Gasteiger partial charge >= 0.3 is 5.09 Å². The fourth-order valence-corrected chi connectivity index (χ4v) is 3.00. The van der Waals surface area contributed by atoms with Crippen molar-refractivity contribution in [1.82, 2.24) is 0 Å². The van der Waals surface area contributed by atoms with Crippen LogP contribution in [0.25, 0.3) is 0 Å². The Morgan fingerprint density at radius 2 is 2.05 bits per heavy atom. The third kappa shape index (κ3) is 2.40. The second-order valence-corrected chi connectivity index (χ2v) is 6.03. The number of rotatable bonds is 4. The van der Waals surface area contributed by atoms with E-state index in [1.54, 1.807) is 0 Å². The van der Waals surface area contributed by atoms with Crippen LogP contribution in [0.15, 0.2) is 6.07 Å². The molecular formula is C15H20NO4+. The third-order valence-corrected chi connectivity index (χ3v) is 4.10. The molecule has 1 aliphatic carbocycles. The summed E-state index contributed by atoms with van der Waals surface area (Å²) >= 11 is 0. The lowest BCUT2D eigenvalue weighted by atomic mass is 9.88. The molecule has 0 bridgehead atoms. The Morgan fingerprint density at radius 1 is 1.40 bits per heavy atom. The first-order chi connectivity index (χ1) is 9.24. The van der Waals surface area contributed by atoms with E-state index < -0.39 is 5.09 Å². The van der Waals surface area contributed by atoms with Crippen molar-refractivity contribution in [2.24, 2.45) is 5.41 Å². The summed E-state index contributed by atoms with van der Waals surface area (Å²) in [6.45, 7) is 8.00. The molecule has 0 spiro atoms. The van der Waals surface area contributed by atoms with E-state index in [0.717, 1.165) is 34.2 Å². The summed E-state index contributed by atoms with van der Waals surface area (Å²) in [5.41, 5.74) is 4.78. The van der Waals surface area contributed by atoms with Gasteiger partial charge in [-0.15, -0.1) is 0 Å². The summed E-state index contributed by atoms with van der Waals surface area (Å²) in [4.78, 5) is 27.2. The minimum Gasteiger partial charge on any atom is -0.294 e. The molecule has 0 atom stereocenters. The standard InChI is InChI=1S/C15H20NO4/c1-9-7-12-13(8-15(3,4)14(12)17)10(2)11(9)5-6-20-16(18)19/h7H,5-6,8H2,1-4H3,(H,18,19)/q+1. The first kappa shape index (κ1) is 14.5. The highest BCUT2D eigenvalue weighted by molar-refractivity contribution is 6.05. The van der Waals surface area contributed by atoms with E-state index >= 15 is 0 Å². The van der Waals surface area contributed by atoms with Crippen molar-refractivity contribution in [3.8, 4) is 0 Å². The number of ketones is 1. The van der Waals surface area contributed by atoms with Crippen molar-refractivity contribution in [2.45, 2.75) is 40.5 Å². The maximum Gasteiger partial charge on any atom is 0.475 e. The van der Waals surface area contributed by atoms with Crippen LogP contribution in [0.1, 0.15) is 46.5 Å². The highest BCUT2D eigenvalue weighted by Gasteiger charge is 2.38. The molecular weight excluding hydrogens is 258 g/mol. The van der Waals surface area contributed by atoms with Gasteiger partial charge in [-0.3, -0.25) is 4.79 Å². The number of carbonyl (C=O) groups is 1. The Labute approximate surface area is 118 Å². The van der Waals surface area contributed by atoms with Crippen LogP contribution in [0.3, 0.4) is 0 Å². The van der Waals surface area contributed by atoms with Crippen molar-refractivity contribution in [1.29, 1.82) is 0 Å². The van der Waals surface area contributed by atoms with Crippen LogP contribution in [0, 0.1) is 24.2 Å². The molecule has 2 rings (SSSR count). The summed E-state index contributed by atoms with van der Waals surface area (Å²) in [5.74, 6) is 0.197. The zero-order valence-corrected chi connectivity index (χ0v) is 12.3. The largest absolute Gasteiger partial charge is 0.475 e. The Kier molecular flexibility index (Phi) is 3.54. The van der Waals surface area contributed by atoms with Gasteiger partial charge in [0.15, 0.2) is 12.4 Å². The number of carbonyl (C=O) groups excluding carboxylic acids is 1. The Hall–Kier alpha value is -1.91. The Morgan fingerprint density at radius 3 is 2.65 bits per heavy atom. The van der Waals surface area contributed by atoms with E-state index in [0.29, 0.717) is 6.42 Å². The van der Waals surface area contributed by atoms with Crippen molar-refractivity contribution in [3.05, 3.63) is 38.8 Å². The first-order valence-electron chi connectivity index (χ1n) is 6.70. The van der Waals surface area contributed by atoms with E-state index in [2.05, 4.69) is 4.84 Å². The van der Waals surface area contributed by atoms with Crippen LogP contribution in [0.4, 0.5) is 0 Å². The Bertz CT molecular complexity index is 590. The van der Waals surface area contributed by atoms with Crippen LogP contribution in [0.5, 0.6) is 0 Å². The van der Waals surface area contributed by atoms with Crippen molar-refractivity contribution in [2.75, 3.05) is 6.61 Å². The molecule has 1 aromatic carbocycles. The molecule has 5 nitrogen and oxygen atoms in total. The smallest absolute Gasteiger partial charge is 0.294 e. The van der Waals surface area contributed by atoms with Crippen molar-refractivity contribution < 1.29 is 19.9 Å². The number of benzene rings is 1. The second-order valence-electron chi connectivity index (χ2n) is 6.03. The predicted octanol–water partition coefficient (Wildman–Crippen LogP) is 2.71. The topological polar surface area (TPSA) is 66.6 Å². The molecule has 0 unspecified atom stereocenters. The van der Waals surface area contributed by atoms with Gasteiger partial charge in [0.25, 0.3) is 0 Å². The van der Waals surface area contributed by atoms with Gasteiger partial charge < -0.3 is 0 Å². The highest BCUT2D eigenvalue weighted by Crippen LogP contribution is 2.39. The third-order valence-electron chi connectivity index (χ3n) is 4.10. The summed E-state index contributed by atoms with van der Waals surface area (Å²) in [7, 11) is 0. The SMILES string of the molecule is Cc1cc2c(c(C)c1CCO[N+](=O)O)CC(C)(C)C2=O. The molecule has 0 aliphatic heterocycles. The van der Waals surface area contributed by atoms with E-state index in [9.17, 15) is 9.70 Å². The molecule has 1 aromatic rings. The van der Waals surface area contributed by atoms with Crippen LogP contribution < -0.4 is 0 Å². The number of hydrogen-bond donors (Lipinski definition) is 1. The van der Waals surface area contributed by atoms with Crippen molar-refractivity contribution >= 4 is 5.78 Å². The van der Waals surface area contributed by atoms with E-state index in [-0.39, 0.29) is 17.8 Å². The molecule has 108 valence electrons. The number of nitrogens with zero attached hydrogens (tertiary/aromatic N) is 1. The van der Waals surface area contributed by atoms with E-state index in [4.69, 9.17) is 5.21 Å². The van der Waals surface area contributed by atoms with Gasteiger partial charge in [-0.25, -0.2) is 5.21 Å². The van der Waals surface area contributed by atoms with Crippen LogP contribution >= 0.6 is 0 Å². The summed E-state index contributed by atoms with van der Waals surface area (Å²) in [6.07, 6.45) is 1.27. The first-order valence-corrected chi connectivity index (χ1v) is 6.70. The molecule has 0 amide bonds. The number of hydrogen-bond acceptors (Lipinski definition) is 3. The summed E-state index contributed by atoms with van der Waals surface area (Å²) < 4.78 is 0. The lowest BCUT2D eigenvalue weighted by Gasteiger charge is -2.14. The molecule has 1 N–H and O–H groups in total. The molecule has 0 radical (unpaired) electrons. The zero-order chi connectivity index (χ0) is 15.1. The predicted molar refractivity (Wildman–Crippen MR) is 72.8 cm³/mol. The zero-order valence-electron chi connectivity index (χ0n) is 12.3. The molecule has 0 fully saturated rings. The summed E-state index contributed by atoms with van der Waals surface area (Å²) in [5, 5.41) is 7.91. The van der Waals surface area contributed by atoms with Crippen LogP contribution in [0.2, 0.25) is 0 Å². The maximum absolute atomic E-state index is 12.3. The van der Waals surface area contributed by atoms with E-state index in [1.165, 1.54) is 0 Å². The monoisotopic (exact) mass is 278 g/mol.